The van der Waals surface area contributed by atoms with Gasteiger partial charge in [-0.1, -0.05) is 36.4 Å². The minimum absolute atomic E-state index is 0.0928. The van der Waals surface area contributed by atoms with E-state index in [0.29, 0.717) is 6.54 Å². The number of nitrogens with zero attached hydrogens (tertiary/aromatic N) is 3. The number of hydrogen-bond donors (Lipinski definition) is 0. The van der Waals surface area contributed by atoms with Crippen LogP contribution in [0.3, 0.4) is 0 Å². The number of benzene rings is 1. The molecule has 1 saturated heterocycles. The van der Waals surface area contributed by atoms with E-state index in [9.17, 15) is 4.79 Å². The highest BCUT2D eigenvalue weighted by Crippen LogP contribution is 2.18. The molecule has 21 heavy (non-hydrogen) atoms. The standard InChI is InChI=1S/C17H19N3O/c1-19-10-5-11-20(17(19)21)13-16-9-8-15(12-18-16)14-6-3-2-4-7-14/h2-4,6-9,12H,5,10-11,13H2,1H3. The number of urea groups is 1. The first-order valence-electron chi connectivity index (χ1n) is 7.24. The summed E-state index contributed by atoms with van der Waals surface area (Å²) in [5.41, 5.74) is 3.19. The second-order valence-corrected chi connectivity index (χ2v) is 5.38. The van der Waals surface area contributed by atoms with Gasteiger partial charge in [0, 0.05) is 31.9 Å². The Hall–Kier alpha value is -2.36. The predicted molar refractivity (Wildman–Crippen MR) is 82.7 cm³/mol. The Morgan fingerprint density at radius 1 is 1.05 bits per heavy atom. The Kier molecular flexibility index (Phi) is 3.86. The van der Waals surface area contributed by atoms with Gasteiger partial charge in [-0.25, -0.2) is 4.79 Å². The summed E-state index contributed by atoms with van der Waals surface area (Å²) in [6.45, 7) is 2.24. The van der Waals surface area contributed by atoms with E-state index in [4.69, 9.17) is 0 Å². The largest absolute Gasteiger partial charge is 0.328 e. The molecule has 2 amide bonds. The van der Waals surface area contributed by atoms with Crippen LogP contribution in [0.25, 0.3) is 11.1 Å². The second-order valence-electron chi connectivity index (χ2n) is 5.38. The molecule has 0 spiro atoms. The molecule has 2 aromatic rings. The van der Waals surface area contributed by atoms with E-state index in [-0.39, 0.29) is 6.03 Å². The maximum Gasteiger partial charge on any atom is 0.320 e. The van der Waals surface area contributed by atoms with Crippen LogP contribution < -0.4 is 0 Å². The normalized spacial score (nSPS) is 15.4. The number of hydrogen-bond acceptors (Lipinski definition) is 2. The molecule has 0 saturated carbocycles. The van der Waals surface area contributed by atoms with Crippen molar-refractivity contribution in [3.05, 3.63) is 54.4 Å². The van der Waals surface area contributed by atoms with Gasteiger partial charge in [0.05, 0.1) is 12.2 Å². The lowest BCUT2D eigenvalue weighted by molar-refractivity contribution is 0.137. The lowest BCUT2D eigenvalue weighted by Crippen LogP contribution is -2.46. The van der Waals surface area contributed by atoms with Gasteiger partial charge in [0.15, 0.2) is 0 Å². The van der Waals surface area contributed by atoms with E-state index < -0.39 is 0 Å². The topological polar surface area (TPSA) is 36.4 Å². The molecule has 4 nitrogen and oxygen atoms in total. The summed E-state index contributed by atoms with van der Waals surface area (Å²) < 4.78 is 0. The highest BCUT2D eigenvalue weighted by atomic mass is 16.2. The van der Waals surface area contributed by atoms with Crippen molar-refractivity contribution >= 4 is 6.03 Å². The van der Waals surface area contributed by atoms with Crippen LogP contribution >= 0.6 is 0 Å². The fourth-order valence-corrected chi connectivity index (χ4v) is 2.59. The molecule has 2 heterocycles. The first-order valence-corrected chi connectivity index (χ1v) is 7.24. The molecule has 1 aromatic heterocycles. The average Bonchev–Trinajstić information content (AvgIpc) is 2.53. The van der Waals surface area contributed by atoms with Gasteiger partial charge in [0.2, 0.25) is 0 Å². The maximum absolute atomic E-state index is 12.0. The Morgan fingerprint density at radius 3 is 2.57 bits per heavy atom. The van der Waals surface area contributed by atoms with Crippen LogP contribution in [-0.4, -0.2) is 41.0 Å². The van der Waals surface area contributed by atoms with Crippen molar-refractivity contribution < 1.29 is 4.79 Å². The summed E-state index contributed by atoms with van der Waals surface area (Å²) in [6, 6.07) is 14.3. The minimum Gasteiger partial charge on any atom is -0.328 e. The van der Waals surface area contributed by atoms with Gasteiger partial charge in [-0.15, -0.1) is 0 Å². The predicted octanol–water partition coefficient (Wildman–Crippen LogP) is 3.01. The molecule has 0 radical (unpaired) electrons. The van der Waals surface area contributed by atoms with Gasteiger partial charge in [0.25, 0.3) is 0 Å². The van der Waals surface area contributed by atoms with Crippen molar-refractivity contribution in [3.8, 4) is 11.1 Å². The molecule has 3 rings (SSSR count). The summed E-state index contributed by atoms with van der Waals surface area (Å²) in [5, 5.41) is 0. The molecule has 0 bridgehead atoms. The summed E-state index contributed by atoms with van der Waals surface area (Å²) in [7, 11) is 1.85. The summed E-state index contributed by atoms with van der Waals surface area (Å²) in [6.07, 6.45) is 2.90. The van der Waals surface area contributed by atoms with Gasteiger partial charge < -0.3 is 9.80 Å². The van der Waals surface area contributed by atoms with E-state index in [1.807, 2.05) is 42.4 Å². The van der Waals surface area contributed by atoms with Crippen molar-refractivity contribution in [1.82, 2.24) is 14.8 Å². The number of rotatable bonds is 3. The maximum atomic E-state index is 12.0. The van der Waals surface area contributed by atoms with Crippen LogP contribution in [0.15, 0.2) is 48.7 Å². The molecule has 4 heteroatoms. The molecular formula is C17H19N3O. The van der Waals surface area contributed by atoms with Gasteiger partial charge in [-0.3, -0.25) is 4.98 Å². The highest BCUT2D eigenvalue weighted by Gasteiger charge is 2.22. The Labute approximate surface area is 125 Å². The van der Waals surface area contributed by atoms with E-state index >= 15 is 0 Å². The quantitative estimate of drug-likeness (QED) is 0.867. The zero-order valence-electron chi connectivity index (χ0n) is 12.2. The van der Waals surface area contributed by atoms with Crippen LogP contribution in [0.4, 0.5) is 4.79 Å². The molecular weight excluding hydrogens is 262 g/mol. The van der Waals surface area contributed by atoms with E-state index in [1.54, 1.807) is 4.90 Å². The lowest BCUT2D eigenvalue weighted by Gasteiger charge is -2.33. The number of amides is 2. The molecule has 0 aliphatic carbocycles. The van der Waals surface area contributed by atoms with Gasteiger partial charge >= 0.3 is 6.03 Å². The van der Waals surface area contributed by atoms with Gasteiger partial charge in [0.1, 0.15) is 0 Å². The Morgan fingerprint density at radius 2 is 1.86 bits per heavy atom. The zero-order valence-corrected chi connectivity index (χ0v) is 12.2. The SMILES string of the molecule is CN1CCCN(Cc2ccc(-c3ccccc3)cn2)C1=O. The third-order valence-electron chi connectivity index (χ3n) is 3.80. The van der Waals surface area contributed by atoms with Crippen LogP contribution in [-0.2, 0) is 6.54 Å². The van der Waals surface area contributed by atoms with E-state index in [2.05, 4.69) is 23.2 Å². The highest BCUT2D eigenvalue weighted by molar-refractivity contribution is 5.74. The summed E-state index contributed by atoms with van der Waals surface area (Å²) in [5.74, 6) is 0. The van der Waals surface area contributed by atoms with Crippen molar-refractivity contribution in [1.29, 1.82) is 0 Å². The van der Waals surface area contributed by atoms with E-state index in [1.165, 1.54) is 0 Å². The molecule has 0 atom stereocenters. The first kappa shape index (κ1) is 13.6. The summed E-state index contributed by atoms with van der Waals surface area (Å²) in [4.78, 5) is 20.2. The molecule has 0 unspecified atom stereocenters. The Bertz CT molecular complexity index is 610. The van der Waals surface area contributed by atoms with Gasteiger partial charge in [-0.2, -0.15) is 0 Å². The monoisotopic (exact) mass is 281 g/mol. The number of carbonyl (C=O) groups is 1. The minimum atomic E-state index is 0.0928. The molecule has 1 fully saturated rings. The molecule has 1 aliphatic rings. The first-order chi connectivity index (χ1) is 10.2. The Balaban J connectivity index is 1.71. The van der Waals surface area contributed by atoms with Crippen LogP contribution in [0, 0.1) is 0 Å². The smallest absolute Gasteiger partial charge is 0.320 e. The van der Waals surface area contributed by atoms with E-state index in [0.717, 1.165) is 36.3 Å². The second kappa shape index (κ2) is 5.95. The number of aromatic nitrogens is 1. The van der Waals surface area contributed by atoms with Crippen LogP contribution in [0.1, 0.15) is 12.1 Å². The van der Waals surface area contributed by atoms with Crippen molar-refractivity contribution in [2.24, 2.45) is 0 Å². The van der Waals surface area contributed by atoms with Crippen molar-refractivity contribution in [2.45, 2.75) is 13.0 Å². The molecule has 1 aromatic carbocycles. The molecule has 1 aliphatic heterocycles. The number of pyridine rings is 1. The third-order valence-corrected chi connectivity index (χ3v) is 3.80. The summed E-state index contributed by atoms with van der Waals surface area (Å²) >= 11 is 0. The average molecular weight is 281 g/mol. The van der Waals surface area contributed by atoms with Crippen LogP contribution in [0.5, 0.6) is 0 Å². The van der Waals surface area contributed by atoms with Crippen molar-refractivity contribution in [3.63, 3.8) is 0 Å². The zero-order chi connectivity index (χ0) is 14.7. The van der Waals surface area contributed by atoms with Crippen LogP contribution in [0.2, 0.25) is 0 Å². The fraction of sp³-hybridized carbons (Fsp3) is 0.294. The fourth-order valence-electron chi connectivity index (χ4n) is 2.59. The van der Waals surface area contributed by atoms with Gasteiger partial charge in [-0.05, 0) is 18.1 Å². The molecule has 0 N–H and O–H groups in total. The van der Waals surface area contributed by atoms with Crippen molar-refractivity contribution in [2.75, 3.05) is 20.1 Å². The lowest BCUT2D eigenvalue weighted by atomic mass is 10.1. The molecule has 108 valence electrons. The number of carbonyl (C=O) groups excluding carboxylic acids is 1. The third kappa shape index (κ3) is 3.05.